The lowest BCUT2D eigenvalue weighted by Crippen LogP contribution is -2.30. The van der Waals surface area contributed by atoms with Crippen LogP contribution in [0.5, 0.6) is 0 Å². The number of aromatic amines is 1. The zero-order valence-electron chi connectivity index (χ0n) is 20.9. The fourth-order valence-electron chi connectivity index (χ4n) is 6.98. The van der Waals surface area contributed by atoms with E-state index >= 15 is 0 Å². The summed E-state index contributed by atoms with van der Waals surface area (Å²) in [6.07, 6.45) is 6.66. The zero-order chi connectivity index (χ0) is 23.7. The van der Waals surface area contributed by atoms with Gasteiger partial charge in [-0.15, -0.1) is 0 Å². The number of hydrogen-bond donors (Lipinski definition) is 3. The number of nitrogens with one attached hydrogen (secondary N) is 3. The fourth-order valence-corrected chi connectivity index (χ4v) is 6.98. The van der Waals surface area contributed by atoms with Crippen LogP contribution in [-0.4, -0.2) is 23.1 Å². The standard InChI is InChI=1S/C31H34N4/c1-31(2)24-14-18(8-11-22(24)23-12-10-21(32-3)17-25(23)31)19-9-13-27-28(15-19)35-30(34-27)29-16-20-6-4-5-7-26(20)33-29/h8-15,17,20,26,29,32-33H,4-7,16H2,1-3H3,(H,34,35)/t20?,26?,29-/m0/s1. The number of imidazole rings is 1. The molecule has 0 bridgehead atoms. The van der Waals surface area contributed by atoms with Crippen LogP contribution in [0.2, 0.25) is 0 Å². The van der Waals surface area contributed by atoms with Crippen molar-refractivity contribution >= 4 is 16.7 Å². The highest BCUT2D eigenvalue weighted by Crippen LogP contribution is 2.50. The molecule has 1 saturated carbocycles. The van der Waals surface area contributed by atoms with E-state index in [0.717, 1.165) is 22.8 Å². The quantitative estimate of drug-likeness (QED) is 0.302. The summed E-state index contributed by atoms with van der Waals surface area (Å²) in [4.78, 5) is 8.66. The molecule has 3 aliphatic rings. The Bertz CT molecular complexity index is 1430. The number of nitrogens with zero attached hydrogens (tertiary/aromatic N) is 1. The maximum absolute atomic E-state index is 4.99. The van der Waals surface area contributed by atoms with Crippen molar-refractivity contribution < 1.29 is 0 Å². The highest BCUT2D eigenvalue weighted by Gasteiger charge is 2.37. The SMILES string of the molecule is CNc1ccc2c(c1)C(C)(C)c1cc(-c3ccc4nc([C@@H]5CC6CCCCC6N5)[nH]c4c3)ccc1-2. The van der Waals surface area contributed by atoms with Gasteiger partial charge >= 0.3 is 0 Å². The molecule has 1 aromatic heterocycles. The number of hydrogen-bond acceptors (Lipinski definition) is 3. The first-order valence-corrected chi connectivity index (χ1v) is 13.2. The first kappa shape index (κ1) is 21.2. The molecule has 2 fully saturated rings. The molecule has 3 aromatic carbocycles. The maximum atomic E-state index is 4.99. The Morgan fingerprint density at radius 2 is 1.63 bits per heavy atom. The molecular formula is C31H34N4. The highest BCUT2D eigenvalue weighted by atomic mass is 15.1. The number of fused-ring (bicyclic) bond motifs is 5. The Labute approximate surface area is 207 Å². The minimum absolute atomic E-state index is 0.0241. The predicted octanol–water partition coefficient (Wildman–Crippen LogP) is 7.17. The molecule has 2 unspecified atom stereocenters. The van der Waals surface area contributed by atoms with Gasteiger partial charge in [-0.05, 0) is 88.9 Å². The fraction of sp³-hybridized carbons (Fsp3) is 0.387. The number of rotatable bonds is 3. The van der Waals surface area contributed by atoms with E-state index in [9.17, 15) is 0 Å². The molecular weight excluding hydrogens is 428 g/mol. The van der Waals surface area contributed by atoms with Crippen molar-refractivity contribution in [3.63, 3.8) is 0 Å². The van der Waals surface area contributed by atoms with Crippen LogP contribution in [0.15, 0.2) is 54.6 Å². The molecule has 3 atom stereocenters. The van der Waals surface area contributed by atoms with E-state index in [-0.39, 0.29) is 5.41 Å². The van der Waals surface area contributed by atoms with Gasteiger partial charge in [0.05, 0.1) is 17.1 Å². The Hall–Kier alpha value is -3.11. The van der Waals surface area contributed by atoms with Crippen molar-refractivity contribution in [1.82, 2.24) is 15.3 Å². The van der Waals surface area contributed by atoms with E-state index in [1.54, 1.807) is 0 Å². The summed E-state index contributed by atoms with van der Waals surface area (Å²) < 4.78 is 0. The van der Waals surface area contributed by atoms with Crippen LogP contribution >= 0.6 is 0 Å². The van der Waals surface area contributed by atoms with E-state index in [2.05, 4.69) is 84.1 Å². The molecule has 2 heterocycles. The summed E-state index contributed by atoms with van der Waals surface area (Å²) in [6.45, 7) is 4.69. The molecule has 2 aliphatic carbocycles. The molecule has 35 heavy (non-hydrogen) atoms. The van der Waals surface area contributed by atoms with Gasteiger partial charge in [-0.1, -0.05) is 51.0 Å². The lowest BCUT2D eigenvalue weighted by atomic mass is 9.81. The maximum Gasteiger partial charge on any atom is 0.124 e. The number of anilines is 1. The van der Waals surface area contributed by atoms with Gasteiger partial charge in [0, 0.05) is 24.2 Å². The van der Waals surface area contributed by atoms with Crippen LogP contribution in [0, 0.1) is 5.92 Å². The van der Waals surface area contributed by atoms with Gasteiger partial charge in [-0.2, -0.15) is 0 Å². The zero-order valence-corrected chi connectivity index (χ0v) is 20.9. The first-order valence-electron chi connectivity index (χ1n) is 13.2. The Morgan fingerprint density at radius 3 is 2.46 bits per heavy atom. The van der Waals surface area contributed by atoms with E-state index in [4.69, 9.17) is 4.98 Å². The molecule has 3 N–H and O–H groups in total. The van der Waals surface area contributed by atoms with Gasteiger partial charge in [0.1, 0.15) is 5.82 Å². The van der Waals surface area contributed by atoms with Gasteiger partial charge < -0.3 is 15.6 Å². The Morgan fingerprint density at radius 1 is 0.886 bits per heavy atom. The lowest BCUT2D eigenvalue weighted by molar-refractivity contribution is 0.325. The minimum Gasteiger partial charge on any atom is -0.388 e. The Kier molecular flexibility index (Phi) is 4.66. The van der Waals surface area contributed by atoms with Crippen LogP contribution in [0.1, 0.15) is 68.9 Å². The van der Waals surface area contributed by atoms with Crippen LogP contribution in [0.25, 0.3) is 33.3 Å². The summed E-state index contributed by atoms with van der Waals surface area (Å²) in [5.41, 5.74) is 11.4. The monoisotopic (exact) mass is 462 g/mol. The summed E-state index contributed by atoms with van der Waals surface area (Å²) in [5, 5.41) is 7.17. The lowest BCUT2D eigenvalue weighted by Gasteiger charge is -2.24. The molecule has 0 radical (unpaired) electrons. The van der Waals surface area contributed by atoms with Gasteiger partial charge in [0.2, 0.25) is 0 Å². The summed E-state index contributed by atoms with van der Waals surface area (Å²) in [7, 11) is 1.99. The Balaban J connectivity index is 1.22. The molecule has 4 heteroatoms. The first-order chi connectivity index (χ1) is 17.0. The van der Waals surface area contributed by atoms with Crippen LogP contribution < -0.4 is 10.6 Å². The van der Waals surface area contributed by atoms with Crippen LogP contribution in [-0.2, 0) is 5.41 Å². The molecule has 0 amide bonds. The minimum atomic E-state index is -0.0241. The summed E-state index contributed by atoms with van der Waals surface area (Å²) in [5.74, 6) is 1.93. The third-order valence-corrected chi connectivity index (χ3v) is 8.99. The normalized spacial score (nSPS) is 24.3. The second-order valence-electron chi connectivity index (χ2n) is 11.4. The molecule has 1 saturated heterocycles. The molecule has 4 aromatic rings. The van der Waals surface area contributed by atoms with Crippen molar-refractivity contribution in [2.75, 3.05) is 12.4 Å². The molecule has 7 rings (SSSR count). The number of aromatic nitrogens is 2. The van der Waals surface area contributed by atoms with E-state index < -0.39 is 0 Å². The van der Waals surface area contributed by atoms with E-state index in [1.807, 2.05) is 7.05 Å². The van der Waals surface area contributed by atoms with Crippen LogP contribution in [0.4, 0.5) is 5.69 Å². The third kappa shape index (κ3) is 3.26. The number of benzene rings is 3. The summed E-state index contributed by atoms with van der Waals surface area (Å²) in [6, 6.07) is 21.5. The van der Waals surface area contributed by atoms with Crippen molar-refractivity contribution in [2.24, 2.45) is 5.92 Å². The topological polar surface area (TPSA) is 52.7 Å². The van der Waals surface area contributed by atoms with Crippen molar-refractivity contribution in [2.45, 2.75) is 63.5 Å². The van der Waals surface area contributed by atoms with E-state index in [0.29, 0.717) is 12.1 Å². The van der Waals surface area contributed by atoms with Gasteiger partial charge in [-0.3, -0.25) is 0 Å². The largest absolute Gasteiger partial charge is 0.388 e. The highest BCUT2D eigenvalue weighted by molar-refractivity contribution is 5.87. The smallest absolute Gasteiger partial charge is 0.124 e. The average molecular weight is 463 g/mol. The van der Waals surface area contributed by atoms with Crippen molar-refractivity contribution in [3.05, 3.63) is 71.5 Å². The van der Waals surface area contributed by atoms with Gasteiger partial charge in [-0.25, -0.2) is 4.98 Å². The average Bonchev–Trinajstić information content (AvgIpc) is 3.56. The molecule has 4 nitrogen and oxygen atoms in total. The number of H-pyrrole nitrogens is 1. The molecule has 1 aliphatic heterocycles. The van der Waals surface area contributed by atoms with Crippen molar-refractivity contribution in [1.29, 1.82) is 0 Å². The summed E-state index contributed by atoms with van der Waals surface area (Å²) >= 11 is 0. The van der Waals surface area contributed by atoms with Gasteiger partial charge in [0.25, 0.3) is 0 Å². The van der Waals surface area contributed by atoms with Crippen LogP contribution in [0.3, 0.4) is 0 Å². The predicted molar refractivity (Wildman–Crippen MR) is 145 cm³/mol. The second kappa shape index (κ2) is 7.69. The third-order valence-electron chi connectivity index (χ3n) is 8.99. The second-order valence-corrected chi connectivity index (χ2v) is 11.4. The van der Waals surface area contributed by atoms with Crippen molar-refractivity contribution in [3.8, 4) is 22.3 Å². The molecule has 178 valence electrons. The van der Waals surface area contributed by atoms with Gasteiger partial charge in [0.15, 0.2) is 0 Å². The molecule has 0 spiro atoms. The van der Waals surface area contributed by atoms with E-state index in [1.165, 1.54) is 71.2 Å².